The minimum atomic E-state index is -1.25. The molecule has 2 aliphatic heterocycles. The molecule has 0 amide bonds. The highest BCUT2D eigenvalue weighted by atomic mass is 79.9. The molecular formula is C18H22Br2N4O10. The van der Waals surface area contributed by atoms with Crippen LogP contribution in [0.3, 0.4) is 0 Å². The Labute approximate surface area is 206 Å². The molecule has 0 radical (unpaired) electrons. The summed E-state index contributed by atoms with van der Waals surface area (Å²) in [6, 6.07) is 2.35. The summed E-state index contributed by atoms with van der Waals surface area (Å²) in [4.78, 5) is 49.2. The first-order valence-corrected chi connectivity index (χ1v) is 11.5. The number of H-pyrrole nitrogens is 2. The van der Waals surface area contributed by atoms with Crippen molar-refractivity contribution in [2.75, 3.05) is 13.2 Å². The minimum Gasteiger partial charge on any atom is -0.394 e. The number of aliphatic hydroxyl groups excluding tert-OH is 4. The van der Waals surface area contributed by atoms with E-state index >= 15 is 0 Å². The molecule has 2 aromatic rings. The fraction of sp³-hybridized carbons (Fsp3) is 0.556. The van der Waals surface area contributed by atoms with Crippen molar-refractivity contribution in [1.82, 2.24) is 19.1 Å². The monoisotopic (exact) mass is 612 g/mol. The van der Waals surface area contributed by atoms with Gasteiger partial charge in [0, 0.05) is 37.4 Å². The lowest BCUT2D eigenvalue weighted by atomic mass is 10.2. The summed E-state index contributed by atoms with van der Waals surface area (Å²) in [7, 11) is 0. The van der Waals surface area contributed by atoms with E-state index in [2.05, 4.69) is 41.8 Å². The Balaban J connectivity index is 0.000000191. The average molecular weight is 614 g/mol. The first kappa shape index (κ1) is 26.7. The molecule has 2 aliphatic rings. The van der Waals surface area contributed by atoms with E-state index in [4.69, 9.17) is 19.7 Å². The normalized spacial score (nSPS) is 32.9. The molecule has 0 aliphatic carbocycles. The predicted molar refractivity (Wildman–Crippen MR) is 122 cm³/mol. The Morgan fingerprint density at radius 2 is 1.18 bits per heavy atom. The molecule has 0 saturated carbocycles. The molecule has 34 heavy (non-hydrogen) atoms. The van der Waals surface area contributed by atoms with Crippen LogP contribution in [0.4, 0.5) is 0 Å². The summed E-state index contributed by atoms with van der Waals surface area (Å²) in [5.41, 5.74) is -2.33. The third-order valence-corrected chi connectivity index (χ3v) is 6.96. The number of hydrogen-bond acceptors (Lipinski definition) is 10. The van der Waals surface area contributed by atoms with Crippen LogP contribution in [0, 0.1) is 0 Å². The quantitative estimate of drug-likeness (QED) is 0.198. The number of aliphatic hydroxyl groups is 4. The summed E-state index contributed by atoms with van der Waals surface area (Å²) in [6.07, 6.45) is -0.614. The van der Waals surface area contributed by atoms with Gasteiger partial charge in [-0.3, -0.25) is 28.7 Å². The molecule has 0 unspecified atom stereocenters. The van der Waals surface area contributed by atoms with Gasteiger partial charge >= 0.3 is 11.4 Å². The van der Waals surface area contributed by atoms with Gasteiger partial charge in [0.15, 0.2) is 0 Å². The highest BCUT2D eigenvalue weighted by Crippen LogP contribution is 2.40. The van der Waals surface area contributed by atoms with Crippen molar-refractivity contribution < 1.29 is 29.9 Å². The van der Waals surface area contributed by atoms with Crippen LogP contribution in [-0.4, -0.2) is 77.2 Å². The fourth-order valence-electron chi connectivity index (χ4n) is 3.48. The second-order valence-electron chi connectivity index (χ2n) is 7.56. The van der Waals surface area contributed by atoms with E-state index in [1.807, 2.05) is 0 Å². The summed E-state index contributed by atoms with van der Waals surface area (Å²) < 4.78 is 10.5. The third-order valence-electron chi connectivity index (χ3n) is 5.17. The molecule has 4 heterocycles. The van der Waals surface area contributed by atoms with Gasteiger partial charge in [-0.25, -0.2) is 9.59 Å². The van der Waals surface area contributed by atoms with Crippen molar-refractivity contribution in [3.05, 3.63) is 66.2 Å². The van der Waals surface area contributed by atoms with E-state index in [1.54, 1.807) is 0 Å². The summed E-state index contributed by atoms with van der Waals surface area (Å²) in [5.74, 6) is 0. The molecular weight excluding hydrogens is 592 g/mol. The Morgan fingerprint density at radius 3 is 1.44 bits per heavy atom. The van der Waals surface area contributed by atoms with Crippen molar-refractivity contribution >= 4 is 31.9 Å². The molecule has 6 atom stereocenters. The van der Waals surface area contributed by atoms with Crippen LogP contribution >= 0.6 is 31.9 Å². The van der Waals surface area contributed by atoms with Gasteiger partial charge < -0.3 is 29.9 Å². The lowest BCUT2D eigenvalue weighted by Gasteiger charge is -2.23. The number of aromatic nitrogens is 4. The van der Waals surface area contributed by atoms with Crippen molar-refractivity contribution in [2.24, 2.45) is 0 Å². The van der Waals surface area contributed by atoms with Crippen LogP contribution in [0.15, 0.2) is 43.7 Å². The van der Waals surface area contributed by atoms with Gasteiger partial charge in [-0.1, -0.05) is 0 Å². The first-order chi connectivity index (χ1) is 15.9. The van der Waals surface area contributed by atoms with E-state index in [1.165, 1.54) is 24.5 Å². The minimum absolute atomic E-state index is 0.0875. The molecule has 16 heteroatoms. The fourth-order valence-corrected chi connectivity index (χ4v) is 5.19. The standard InChI is InChI=1S/2C9H11BrN2O5/c2*10-9(3-5(14)6(4-13)17-9)12-2-1-7(15)11-8(12)16/h2*1-2,5-6,13-14H,3-4H2,(H,11,15,16)/t2*5-,6+,9-/m00/s1. The molecule has 0 spiro atoms. The highest BCUT2D eigenvalue weighted by molar-refractivity contribution is 9.09. The van der Waals surface area contributed by atoms with E-state index in [9.17, 15) is 29.4 Å². The van der Waals surface area contributed by atoms with Crippen LogP contribution in [-0.2, 0) is 18.7 Å². The topological polar surface area (TPSA) is 209 Å². The molecule has 6 N–H and O–H groups in total. The van der Waals surface area contributed by atoms with Gasteiger partial charge in [-0.05, 0) is 31.9 Å². The van der Waals surface area contributed by atoms with Crippen LogP contribution in [0.25, 0.3) is 0 Å². The number of hydrogen-bond donors (Lipinski definition) is 6. The highest BCUT2D eigenvalue weighted by Gasteiger charge is 2.47. The number of aromatic amines is 2. The first-order valence-electron chi connectivity index (χ1n) is 9.88. The van der Waals surface area contributed by atoms with Gasteiger partial charge in [0.2, 0.25) is 9.27 Å². The largest absolute Gasteiger partial charge is 0.394 e. The van der Waals surface area contributed by atoms with Gasteiger partial charge in [0.1, 0.15) is 12.2 Å². The molecule has 2 fully saturated rings. The maximum Gasteiger partial charge on any atom is 0.331 e. The lowest BCUT2D eigenvalue weighted by molar-refractivity contribution is -0.0608. The van der Waals surface area contributed by atoms with Gasteiger partial charge in [-0.2, -0.15) is 0 Å². The number of rotatable bonds is 4. The Kier molecular flexibility index (Phi) is 8.14. The van der Waals surface area contributed by atoms with Gasteiger partial charge in [0.25, 0.3) is 11.1 Å². The van der Waals surface area contributed by atoms with E-state index < -0.39 is 56.2 Å². The van der Waals surface area contributed by atoms with E-state index in [-0.39, 0.29) is 26.1 Å². The summed E-state index contributed by atoms with van der Waals surface area (Å²) in [5, 5.41) is 37.2. The molecule has 0 aromatic carbocycles. The molecule has 2 aromatic heterocycles. The Morgan fingerprint density at radius 1 is 0.824 bits per heavy atom. The van der Waals surface area contributed by atoms with Crippen LogP contribution < -0.4 is 22.5 Å². The molecule has 0 bridgehead atoms. The van der Waals surface area contributed by atoms with Crippen LogP contribution in [0.2, 0.25) is 0 Å². The Hall–Kier alpha value is -1.92. The number of halogens is 2. The van der Waals surface area contributed by atoms with Crippen LogP contribution in [0.5, 0.6) is 0 Å². The zero-order valence-corrected chi connectivity index (χ0v) is 20.5. The molecule has 14 nitrogen and oxygen atoms in total. The number of nitrogens with zero attached hydrogens (tertiary/aromatic N) is 2. The predicted octanol–water partition coefficient (Wildman–Crippen LogP) is -2.63. The van der Waals surface area contributed by atoms with Crippen molar-refractivity contribution in [3.8, 4) is 0 Å². The van der Waals surface area contributed by atoms with Crippen molar-refractivity contribution in [2.45, 2.75) is 46.5 Å². The maximum atomic E-state index is 11.6. The second-order valence-corrected chi connectivity index (χ2v) is 10.0. The molecule has 2 saturated heterocycles. The van der Waals surface area contributed by atoms with Crippen molar-refractivity contribution in [1.29, 1.82) is 0 Å². The zero-order chi connectivity index (χ0) is 25.3. The smallest absolute Gasteiger partial charge is 0.331 e. The average Bonchev–Trinajstić information content (AvgIpc) is 3.22. The third kappa shape index (κ3) is 5.49. The SMILES string of the molecule is O=c1ccn([C@@]2(Br)C[C@H](O)[C@@H](CO)O2)c(=O)[nH]1.O=c1ccn([C@@]2(Br)C[C@H](O)[C@@H](CO)O2)c(=O)[nH]1. The summed E-state index contributed by atoms with van der Waals surface area (Å²) >= 11 is 6.40. The second kappa shape index (κ2) is 10.4. The van der Waals surface area contributed by atoms with E-state index in [0.717, 1.165) is 9.13 Å². The number of alkyl halides is 2. The lowest BCUT2D eigenvalue weighted by Crippen LogP contribution is -2.40. The zero-order valence-electron chi connectivity index (χ0n) is 17.3. The van der Waals surface area contributed by atoms with E-state index in [0.29, 0.717) is 0 Å². The molecule has 188 valence electrons. The van der Waals surface area contributed by atoms with Gasteiger partial charge in [0.05, 0.1) is 25.4 Å². The number of ether oxygens (including phenoxy) is 2. The summed E-state index contributed by atoms with van der Waals surface area (Å²) in [6.45, 7) is -0.709. The van der Waals surface area contributed by atoms with Gasteiger partial charge in [-0.15, -0.1) is 0 Å². The number of nitrogens with one attached hydrogen (secondary N) is 2. The maximum absolute atomic E-state index is 11.6. The molecule has 4 rings (SSSR count). The Bertz CT molecular complexity index is 1150. The van der Waals surface area contributed by atoms with Crippen molar-refractivity contribution in [3.63, 3.8) is 0 Å². The van der Waals surface area contributed by atoms with Crippen LogP contribution in [0.1, 0.15) is 12.8 Å².